The smallest absolute Gasteiger partial charge is 1.00 e. The molecule has 0 bridgehead atoms. The van der Waals surface area contributed by atoms with Gasteiger partial charge in [-0.2, -0.15) is 39.5 Å². The number of amides is 4. The minimum absolute atomic E-state index is 0. The van der Waals surface area contributed by atoms with Crippen molar-refractivity contribution in [3.8, 4) is 0 Å². The van der Waals surface area contributed by atoms with Crippen LogP contribution in [-0.2, 0) is 33.4 Å². The van der Waals surface area contributed by atoms with Crippen molar-refractivity contribution in [2.75, 3.05) is 67.1 Å². The molecule has 412 valence electrons. The van der Waals surface area contributed by atoms with Crippen LogP contribution in [0.15, 0.2) is 0 Å². The van der Waals surface area contributed by atoms with Crippen molar-refractivity contribution in [3.63, 3.8) is 0 Å². The summed E-state index contributed by atoms with van der Waals surface area (Å²) in [6, 6.07) is -1.15. The second-order valence-corrected chi connectivity index (χ2v) is 17.1. The van der Waals surface area contributed by atoms with E-state index in [1.807, 2.05) is 0 Å². The molecule has 2 aliphatic heterocycles. The van der Waals surface area contributed by atoms with Crippen LogP contribution in [0, 0.1) is 0 Å². The number of alkyl halides is 9. The molecule has 18 nitrogen and oxygen atoms in total. The first-order valence-electron chi connectivity index (χ1n) is 20.7. The molecule has 2 heterocycles. The summed E-state index contributed by atoms with van der Waals surface area (Å²) in [7, 11) is 3.37. The van der Waals surface area contributed by atoms with Crippen LogP contribution in [0.25, 0.3) is 0 Å². The summed E-state index contributed by atoms with van der Waals surface area (Å²) in [6.07, 6.45) is -10.3. The molecule has 1 saturated carbocycles. The van der Waals surface area contributed by atoms with E-state index in [2.05, 4.69) is 36.0 Å². The first-order valence-corrected chi connectivity index (χ1v) is 21.0. The zero-order valence-corrected chi connectivity index (χ0v) is 50.5. The average Bonchev–Trinajstić information content (AvgIpc) is 3.22. The Kier molecular flexibility index (Phi) is 46.9. The topological polar surface area (TPSA) is 206 Å². The monoisotopic (exact) mass is 1170 g/mol. The van der Waals surface area contributed by atoms with Gasteiger partial charge in [0.05, 0.1) is 27.9 Å². The fourth-order valence-corrected chi connectivity index (χ4v) is 6.24. The van der Waals surface area contributed by atoms with Gasteiger partial charge in [0.1, 0.15) is 24.3 Å². The van der Waals surface area contributed by atoms with E-state index in [0.717, 1.165) is 38.4 Å². The summed E-state index contributed by atoms with van der Waals surface area (Å²) in [5.41, 5.74) is -1.96. The number of hydrogen-bond donors (Lipinski definition) is 1. The van der Waals surface area contributed by atoms with E-state index in [1.165, 1.54) is 16.9 Å². The minimum atomic E-state index is -4.50. The number of nitrogens with zero attached hydrogens (tertiary/aromatic N) is 4. The molecular formula is C39H67Cl3F9K2N5O13. The van der Waals surface area contributed by atoms with Crippen LogP contribution in [0.1, 0.15) is 101 Å². The van der Waals surface area contributed by atoms with E-state index in [0.29, 0.717) is 43.7 Å². The van der Waals surface area contributed by atoms with E-state index < -0.39 is 85.2 Å². The van der Waals surface area contributed by atoms with Crippen LogP contribution in [0.3, 0.4) is 0 Å². The molecule has 71 heavy (non-hydrogen) atoms. The Morgan fingerprint density at radius 3 is 1.18 bits per heavy atom. The number of halogens is 12. The Labute approximate surface area is 512 Å². The van der Waals surface area contributed by atoms with Crippen LogP contribution in [0.5, 0.6) is 0 Å². The second-order valence-electron chi connectivity index (χ2n) is 16.8. The van der Waals surface area contributed by atoms with Crippen molar-refractivity contribution < 1.29 is 206 Å². The number of rotatable bonds is 7. The van der Waals surface area contributed by atoms with Gasteiger partial charge < -0.3 is 50.4 Å². The Bertz CT molecular complexity index is 1490. The molecule has 2 saturated heterocycles. The van der Waals surface area contributed by atoms with Gasteiger partial charge in [-0.05, 0) is 80.1 Å². The van der Waals surface area contributed by atoms with Gasteiger partial charge in [0.15, 0.2) is 0 Å². The van der Waals surface area contributed by atoms with Gasteiger partial charge in [0.25, 0.3) is 6.47 Å². The quantitative estimate of drug-likeness (QED) is 0.0741. The molecule has 4 amide bonds. The van der Waals surface area contributed by atoms with E-state index in [1.54, 1.807) is 41.5 Å². The SMILES string of the molecule is CC(C)(C)OC(=O)N1CCC(NCC(F)(F)F)CC1.COC(=O)Cl.COC(=O)N(CC(F)(F)F)C1CCCCC1.COC(=O)N(CC(F)(F)F)C1CCN(C(=O)OC(C)(C)C)CC1.Cl.Cl.O=CO[O-].[H-].[K+].[K+]. The van der Waals surface area contributed by atoms with Gasteiger partial charge in [-0.25, -0.2) is 24.0 Å². The fraction of sp³-hybridized carbons (Fsp3) is 0.846. The normalized spacial score (nSPS) is 15.3. The molecule has 0 unspecified atom stereocenters. The van der Waals surface area contributed by atoms with Crippen LogP contribution < -0.4 is 113 Å². The Hall–Kier alpha value is -0.547. The van der Waals surface area contributed by atoms with Crippen molar-refractivity contribution >= 4 is 72.7 Å². The van der Waals surface area contributed by atoms with Crippen molar-refractivity contribution in [2.45, 2.75) is 147 Å². The standard InChI is InChI=1S/C14H23F3N2O4.C12H21F3N2O2.C10H16F3NO2.C2H3ClO2.CH2O3.2ClH.2K.H/c1-13(2,3)23-11(20)18-7-5-10(6-8-18)19(12(21)22-4)9-14(15,16)17;1-11(2,3)19-10(18)17-6-4-9(5-7-17)16-8-12(13,14)15;1-16-9(15)14(7-10(11,12)13)8-5-3-2-4-6-8;1-5-2(3)4;2-1-4-3;;;;;/h10H,5-9H2,1-4H3;9,16H,4-8H2,1-3H3;8H,2-7H2,1H3;1H3;1,3H;2*1H;;;/q;;;;;;;2*+1;-1/p-1. The summed E-state index contributed by atoms with van der Waals surface area (Å²) in [5.74, 6) is 0. The maximum absolute atomic E-state index is 12.6. The summed E-state index contributed by atoms with van der Waals surface area (Å²) >= 11 is 4.60. The first-order chi connectivity index (χ1) is 30.6. The summed E-state index contributed by atoms with van der Waals surface area (Å²) in [4.78, 5) is 71.6. The molecule has 0 aromatic heterocycles. The molecule has 3 aliphatic rings. The summed E-state index contributed by atoms with van der Waals surface area (Å²) in [5, 5.41) is 10.9. The van der Waals surface area contributed by atoms with Gasteiger partial charge in [-0.1, -0.05) is 19.3 Å². The summed E-state index contributed by atoms with van der Waals surface area (Å²) in [6.45, 7) is 8.10. The van der Waals surface area contributed by atoms with Gasteiger partial charge in [0.2, 0.25) is 0 Å². The molecule has 32 heteroatoms. The zero-order chi connectivity index (χ0) is 52.4. The number of nitrogens with one attached hydrogen (secondary N) is 1. The largest absolute Gasteiger partial charge is 1.00 e. The molecule has 1 aliphatic carbocycles. The number of ether oxygens (including phenoxy) is 5. The third-order valence-electron chi connectivity index (χ3n) is 9.03. The van der Waals surface area contributed by atoms with Crippen molar-refractivity contribution in [1.82, 2.24) is 24.9 Å². The van der Waals surface area contributed by atoms with Crippen molar-refractivity contribution in [3.05, 3.63) is 0 Å². The number of methoxy groups -OCH3 is 3. The second kappa shape index (κ2) is 40.7. The van der Waals surface area contributed by atoms with E-state index >= 15 is 0 Å². The van der Waals surface area contributed by atoms with Crippen molar-refractivity contribution in [2.24, 2.45) is 0 Å². The molecule has 0 spiro atoms. The van der Waals surface area contributed by atoms with Crippen LogP contribution in [0.2, 0.25) is 0 Å². The third-order valence-corrected chi connectivity index (χ3v) is 9.18. The minimum Gasteiger partial charge on any atom is -1.00 e. The van der Waals surface area contributed by atoms with Gasteiger partial charge in [0, 0.05) is 55.9 Å². The van der Waals surface area contributed by atoms with Crippen molar-refractivity contribution in [1.29, 1.82) is 0 Å². The fourth-order valence-electron chi connectivity index (χ4n) is 6.24. The number of carbonyl (C=O) groups is 6. The maximum atomic E-state index is 12.6. The third kappa shape index (κ3) is 44.3. The molecule has 0 aromatic rings. The predicted octanol–water partition coefficient (Wildman–Crippen LogP) is 2.89. The molecular weight excluding hydrogens is 1100 g/mol. The number of likely N-dealkylation sites (tertiary alicyclic amines) is 2. The number of piperidine rings is 2. The van der Waals surface area contributed by atoms with E-state index in [4.69, 9.17) is 19.5 Å². The van der Waals surface area contributed by atoms with Crippen LogP contribution in [-0.4, -0.2) is 171 Å². The number of hydrogen-bond acceptors (Lipinski definition) is 14. The zero-order valence-electron chi connectivity index (χ0n) is 42.8. The molecule has 0 aromatic carbocycles. The van der Waals surface area contributed by atoms with Crippen LogP contribution in [0.4, 0.5) is 63.5 Å². The van der Waals surface area contributed by atoms with Gasteiger partial charge in [-0.3, -0.25) is 14.6 Å². The molecule has 3 rings (SSSR count). The molecule has 0 radical (unpaired) electrons. The Balaban J connectivity index is -0.000000158. The van der Waals surface area contributed by atoms with Gasteiger partial charge in [-0.15, -0.1) is 24.8 Å². The first kappa shape index (κ1) is 81.8. The molecule has 1 N–H and O–H groups in total. The average molecular weight is 1170 g/mol. The molecule has 0 atom stereocenters. The van der Waals surface area contributed by atoms with E-state index in [-0.39, 0.29) is 173 Å². The van der Waals surface area contributed by atoms with Gasteiger partial charge >= 0.3 is 151 Å². The Morgan fingerprint density at radius 2 is 0.930 bits per heavy atom. The predicted molar refractivity (Wildman–Crippen MR) is 234 cm³/mol. The number of carbonyl (C=O) groups excluding carboxylic acids is 6. The molecule has 3 fully saturated rings. The van der Waals surface area contributed by atoms with Crippen LogP contribution >= 0.6 is 36.4 Å². The summed E-state index contributed by atoms with van der Waals surface area (Å²) < 4.78 is 134. The Morgan fingerprint density at radius 1 is 0.620 bits per heavy atom. The maximum Gasteiger partial charge on any atom is 1.00 e. The van der Waals surface area contributed by atoms with E-state index in [9.17, 15) is 63.5 Å².